The fourth-order valence-corrected chi connectivity index (χ4v) is 2.49. The molecule has 2 aromatic rings. The van der Waals surface area contributed by atoms with Crippen molar-refractivity contribution in [3.63, 3.8) is 0 Å². The van der Waals surface area contributed by atoms with Crippen molar-refractivity contribution in [1.82, 2.24) is 5.32 Å². The highest BCUT2D eigenvalue weighted by atomic mass is 35.5. The Morgan fingerprint density at radius 1 is 1.07 bits per heavy atom. The van der Waals surface area contributed by atoms with Crippen LogP contribution in [0.5, 0.6) is 5.75 Å². The quantitative estimate of drug-likeness (QED) is 0.606. The largest absolute Gasteiger partial charge is 0.491 e. The third-order valence-electron chi connectivity index (χ3n) is 3.74. The van der Waals surface area contributed by atoms with E-state index in [0.717, 1.165) is 11.6 Å². The normalized spacial score (nSPS) is 10.2. The molecule has 0 saturated carbocycles. The minimum Gasteiger partial charge on any atom is -0.491 e. The first-order chi connectivity index (χ1) is 13.9. The third-order valence-corrected chi connectivity index (χ3v) is 4.04. The molecule has 0 aromatic heterocycles. The van der Waals surface area contributed by atoms with E-state index in [1.54, 1.807) is 24.3 Å². The molecule has 0 radical (unpaired) electrons. The number of methoxy groups -OCH3 is 1. The summed E-state index contributed by atoms with van der Waals surface area (Å²) in [5.41, 5.74) is 1.29. The number of anilines is 1. The first-order valence-corrected chi connectivity index (χ1v) is 9.05. The first-order valence-electron chi connectivity index (χ1n) is 8.67. The Labute approximate surface area is 172 Å². The summed E-state index contributed by atoms with van der Waals surface area (Å²) in [6.07, 6.45) is 0.170. The Balaban J connectivity index is 1.74. The van der Waals surface area contributed by atoms with Gasteiger partial charge < -0.3 is 20.1 Å². The molecule has 0 aliphatic rings. The van der Waals surface area contributed by atoms with E-state index in [9.17, 15) is 18.8 Å². The number of esters is 1. The molecule has 0 bridgehead atoms. The van der Waals surface area contributed by atoms with E-state index in [1.807, 2.05) is 0 Å². The summed E-state index contributed by atoms with van der Waals surface area (Å²) in [5.74, 6) is -1.28. The Morgan fingerprint density at radius 3 is 2.45 bits per heavy atom. The van der Waals surface area contributed by atoms with Crippen LogP contribution in [0, 0.1) is 5.82 Å². The van der Waals surface area contributed by atoms with Gasteiger partial charge >= 0.3 is 5.97 Å². The molecule has 2 aromatic carbocycles. The average molecular weight is 423 g/mol. The van der Waals surface area contributed by atoms with Crippen molar-refractivity contribution in [2.75, 3.05) is 25.6 Å². The first kappa shape index (κ1) is 22.2. The van der Waals surface area contributed by atoms with Crippen molar-refractivity contribution in [2.24, 2.45) is 0 Å². The standard InChI is InChI=1S/C20H20ClFN2O5/c1-28-20(27)12-23-19(26)10-13-2-5-15(6-3-13)24-18(25)8-9-29-17-7-4-14(22)11-16(17)21/h2-7,11H,8-10,12H2,1H3,(H,23,26)(H,24,25). The second kappa shape index (κ2) is 11.0. The Kier molecular flexibility index (Phi) is 8.42. The maximum absolute atomic E-state index is 13.0. The lowest BCUT2D eigenvalue weighted by atomic mass is 10.1. The topological polar surface area (TPSA) is 93.7 Å². The van der Waals surface area contributed by atoms with Gasteiger partial charge in [-0.3, -0.25) is 14.4 Å². The molecule has 0 heterocycles. The number of halogens is 2. The van der Waals surface area contributed by atoms with Gasteiger partial charge in [0.2, 0.25) is 11.8 Å². The number of hydrogen-bond donors (Lipinski definition) is 2. The van der Waals surface area contributed by atoms with Crippen LogP contribution in [0.4, 0.5) is 10.1 Å². The van der Waals surface area contributed by atoms with Gasteiger partial charge in [0.25, 0.3) is 0 Å². The van der Waals surface area contributed by atoms with Gasteiger partial charge in [-0.1, -0.05) is 23.7 Å². The number of rotatable bonds is 9. The molecule has 7 nitrogen and oxygen atoms in total. The maximum atomic E-state index is 13.0. The zero-order valence-corrected chi connectivity index (χ0v) is 16.4. The van der Waals surface area contributed by atoms with Crippen molar-refractivity contribution in [1.29, 1.82) is 0 Å². The van der Waals surface area contributed by atoms with Gasteiger partial charge in [-0.2, -0.15) is 0 Å². The van der Waals surface area contributed by atoms with Crippen LogP contribution in [0.25, 0.3) is 0 Å². The molecule has 2 rings (SSSR count). The van der Waals surface area contributed by atoms with Gasteiger partial charge in [-0.15, -0.1) is 0 Å². The second-order valence-electron chi connectivity index (χ2n) is 5.95. The zero-order valence-electron chi connectivity index (χ0n) is 15.7. The molecule has 0 atom stereocenters. The minimum absolute atomic E-state index is 0.0748. The van der Waals surface area contributed by atoms with E-state index in [1.165, 1.54) is 19.2 Å². The lowest BCUT2D eigenvalue weighted by Crippen LogP contribution is -2.31. The van der Waals surface area contributed by atoms with Gasteiger partial charge in [0.15, 0.2) is 0 Å². The maximum Gasteiger partial charge on any atom is 0.325 e. The minimum atomic E-state index is -0.526. The fraction of sp³-hybridized carbons (Fsp3) is 0.250. The number of nitrogens with one attached hydrogen (secondary N) is 2. The molecule has 0 saturated heterocycles. The van der Waals surface area contributed by atoms with Crippen LogP contribution in [-0.4, -0.2) is 38.0 Å². The molecule has 0 aliphatic heterocycles. The lowest BCUT2D eigenvalue weighted by molar-refractivity contribution is -0.141. The number of benzene rings is 2. The molecule has 0 spiro atoms. The molecule has 0 fully saturated rings. The number of carbonyl (C=O) groups excluding carboxylic acids is 3. The van der Waals surface area contributed by atoms with Gasteiger partial charge in [-0.25, -0.2) is 4.39 Å². The third kappa shape index (κ3) is 7.79. The van der Waals surface area contributed by atoms with E-state index < -0.39 is 11.8 Å². The van der Waals surface area contributed by atoms with Crippen LogP contribution in [-0.2, 0) is 25.5 Å². The lowest BCUT2D eigenvalue weighted by Gasteiger charge is -2.09. The molecule has 2 amide bonds. The van der Waals surface area contributed by atoms with E-state index >= 15 is 0 Å². The molecule has 154 valence electrons. The average Bonchev–Trinajstić information content (AvgIpc) is 2.69. The smallest absolute Gasteiger partial charge is 0.325 e. The summed E-state index contributed by atoms with van der Waals surface area (Å²) in [6.45, 7) is -0.107. The van der Waals surface area contributed by atoms with E-state index in [-0.39, 0.29) is 42.8 Å². The van der Waals surface area contributed by atoms with Crippen LogP contribution in [0.1, 0.15) is 12.0 Å². The Morgan fingerprint density at radius 2 is 1.79 bits per heavy atom. The Hall–Kier alpha value is -3.13. The fourth-order valence-electron chi connectivity index (χ4n) is 2.27. The number of amides is 2. The molecule has 9 heteroatoms. The molecule has 0 aliphatic carbocycles. The highest BCUT2D eigenvalue weighted by Gasteiger charge is 2.08. The van der Waals surface area contributed by atoms with E-state index in [4.69, 9.17) is 16.3 Å². The van der Waals surface area contributed by atoms with Crippen molar-refractivity contribution in [3.8, 4) is 5.75 Å². The van der Waals surface area contributed by atoms with Crippen molar-refractivity contribution < 1.29 is 28.2 Å². The van der Waals surface area contributed by atoms with Gasteiger partial charge in [0.05, 0.1) is 31.6 Å². The number of hydrogen-bond acceptors (Lipinski definition) is 5. The van der Waals surface area contributed by atoms with Gasteiger partial charge in [-0.05, 0) is 35.9 Å². The molecule has 0 unspecified atom stereocenters. The van der Waals surface area contributed by atoms with Gasteiger partial charge in [0.1, 0.15) is 18.1 Å². The summed E-state index contributed by atoms with van der Waals surface area (Å²) in [6, 6.07) is 10.5. The second-order valence-corrected chi connectivity index (χ2v) is 6.36. The van der Waals surface area contributed by atoms with Crippen molar-refractivity contribution in [2.45, 2.75) is 12.8 Å². The molecular formula is C20H20ClFN2O5. The molecule has 29 heavy (non-hydrogen) atoms. The predicted molar refractivity (Wildman–Crippen MR) is 105 cm³/mol. The van der Waals surface area contributed by atoms with Crippen LogP contribution in [0.15, 0.2) is 42.5 Å². The van der Waals surface area contributed by atoms with E-state index in [0.29, 0.717) is 11.4 Å². The van der Waals surface area contributed by atoms with E-state index in [2.05, 4.69) is 15.4 Å². The number of carbonyl (C=O) groups is 3. The van der Waals surface area contributed by atoms with Crippen molar-refractivity contribution in [3.05, 3.63) is 58.9 Å². The highest BCUT2D eigenvalue weighted by Crippen LogP contribution is 2.24. The summed E-state index contributed by atoms with van der Waals surface area (Å²) in [5, 5.41) is 5.29. The zero-order chi connectivity index (χ0) is 21.2. The molecular weight excluding hydrogens is 403 g/mol. The summed E-state index contributed by atoms with van der Waals surface area (Å²) in [7, 11) is 1.24. The summed E-state index contributed by atoms with van der Waals surface area (Å²) < 4.78 is 22.8. The summed E-state index contributed by atoms with van der Waals surface area (Å²) in [4.78, 5) is 34.7. The summed E-state index contributed by atoms with van der Waals surface area (Å²) >= 11 is 5.85. The SMILES string of the molecule is COC(=O)CNC(=O)Cc1ccc(NC(=O)CCOc2ccc(F)cc2Cl)cc1. The predicted octanol–water partition coefficient (Wildman–Crippen LogP) is 2.72. The Bertz CT molecular complexity index is 874. The van der Waals surface area contributed by atoms with Crippen LogP contribution < -0.4 is 15.4 Å². The molecule has 2 N–H and O–H groups in total. The number of ether oxygens (including phenoxy) is 2. The highest BCUT2D eigenvalue weighted by molar-refractivity contribution is 6.32. The van der Waals surface area contributed by atoms with Crippen LogP contribution in [0.3, 0.4) is 0 Å². The van der Waals surface area contributed by atoms with Crippen LogP contribution >= 0.6 is 11.6 Å². The van der Waals surface area contributed by atoms with Gasteiger partial charge in [0, 0.05) is 5.69 Å². The van der Waals surface area contributed by atoms with Crippen LogP contribution in [0.2, 0.25) is 5.02 Å². The van der Waals surface area contributed by atoms with Crippen molar-refractivity contribution >= 4 is 35.1 Å². The monoisotopic (exact) mass is 422 g/mol.